The number of benzene rings is 1. The molecule has 0 bridgehead atoms. The maximum absolute atomic E-state index is 10.9. The van der Waals surface area contributed by atoms with Crippen molar-refractivity contribution in [1.82, 2.24) is 4.57 Å². The van der Waals surface area contributed by atoms with Gasteiger partial charge in [0.15, 0.2) is 0 Å². The summed E-state index contributed by atoms with van der Waals surface area (Å²) >= 11 is 6.18. The molecule has 4 heteroatoms. The molecule has 1 fully saturated rings. The van der Waals surface area contributed by atoms with Gasteiger partial charge in [-0.25, -0.2) is 0 Å². The van der Waals surface area contributed by atoms with Crippen LogP contribution in [0.4, 0.5) is 0 Å². The molecule has 1 aliphatic carbocycles. The molecule has 0 unspecified atom stereocenters. The molecular formula is C13H12ClNO2. The van der Waals surface area contributed by atoms with E-state index in [0.29, 0.717) is 11.1 Å². The van der Waals surface area contributed by atoms with Crippen LogP contribution in [-0.2, 0) is 11.2 Å². The number of hydrogen-bond acceptors (Lipinski definition) is 1. The van der Waals surface area contributed by atoms with Gasteiger partial charge in [0.1, 0.15) is 0 Å². The topological polar surface area (TPSA) is 42.2 Å². The number of carboxylic acids is 1. The summed E-state index contributed by atoms with van der Waals surface area (Å²) in [7, 11) is 0. The van der Waals surface area contributed by atoms with Crippen molar-refractivity contribution in [3.63, 3.8) is 0 Å². The van der Waals surface area contributed by atoms with E-state index in [2.05, 4.69) is 4.57 Å². The zero-order valence-corrected chi connectivity index (χ0v) is 9.94. The molecule has 1 aliphatic rings. The van der Waals surface area contributed by atoms with Crippen molar-refractivity contribution < 1.29 is 9.90 Å². The molecule has 0 aliphatic heterocycles. The summed E-state index contributed by atoms with van der Waals surface area (Å²) in [5.41, 5.74) is 1.86. The maximum Gasteiger partial charge on any atom is 0.307 e. The first-order chi connectivity index (χ1) is 8.16. The van der Waals surface area contributed by atoms with Gasteiger partial charge in [0.05, 0.1) is 17.0 Å². The molecule has 1 aromatic heterocycles. The smallest absolute Gasteiger partial charge is 0.307 e. The molecule has 0 spiro atoms. The van der Waals surface area contributed by atoms with Crippen LogP contribution in [0.1, 0.15) is 24.4 Å². The van der Waals surface area contributed by atoms with Crippen LogP contribution in [0, 0.1) is 0 Å². The Bertz CT molecular complexity index is 599. The zero-order chi connectivity index (χ0) is 12.0. The van der Waals surface area contributed by atoms with Crippen molar-refractivity contribution in [3.05, 3.63) is 35.0 Å². The summed E-state index contributed by atoms with van der Waals surface area (Å²) in [6, 6.07) is 6.25. The first-order valence-electron chi connectivity index (χ1n) is 5.66. The normalized spacial score (nSPS) is 15.4. The minimum absolute atomic E-state index is 0.0277. The Labute approximate surface area is 104 Å². The van der Waals surface area contributed by atoms with Crippen molar-refractivity contribution in [1.29, 1.82) is 0 Å². The Morgan fingerprint density at radius 2 is 2.24 bits per heavy atom. The number of carbonyl (C=O) groups is 1. The lowest BCUT2D eigenvalue weighted by molar-refractivity contribution is -0.136. The SMILES string of the molecule is O=C(O)Cc1cn(C2CC2)c2cccc(Cl)c12. The van der Waals surface area contributed by atoms with Crippen LogP contribution in [0.15, 0.2) is 24.4 Å². The second-order valence-corrected chi connectivity index (χ2v) is 4.90. The average molecular weight is 250 g/mol. The minimum atomic E-state index is -0.820. The third-order valence-electron chi connectivity index (χ3n) is 3.17. The summed E-state index contributed by atoms with van der Waals surface area (Å²) in [5, 5.41) is 10.5. The molecule has 0 amide bonds. The van der Waals surface area contributed by atoms with E-state index in [0.717, 1.165) is 16.5 Å². The van der Waals surface area contributed by atoms with E-state index in [4.69, 9.17) is 16.7 Å². The second kappa shape index (κ2) is 3.77. The molecule has 1 aromatic carbocycles. The molecule has 1 heterocycles. The van der Waals surface area contributed by atoms with Crippen molar-refractivity contribution in [2.75, 3.05) is 0 Å². The quantitative estimate of drug-likeness (QED) is 0.907. The largest absolute Gasteiger partial charge is 0.481 e. The predicted molar refractivity (Wildman–Crippen MR) is 66.6 cm³/mol. The van der Waals surface area contributed by atoms with Gasteiger partial charge in [0.2, 0.25) is 0 Å². The Kier molecular flexibility index (Phi) is 2.37. The molecule has 3 nitrogen and oxygen atoms in total. The Hall–Kier alpha value is -1.48. The van der Waals surface area contributed by atoms with Crippen LogP contribution in [0.3, 0.4) is 0 Å². The fourth-order valence-electron chi connectivity index (χ4n) is 2.30. The van der Waals surface area contributed by atoms with Gasteiger partial charge in [-0.05, 0) is 30.5 Å². The lowest BCUT2D eigenvalue weighted by Crippen LogP contribution is -1.99. The molecule has 1 saturated carbocycles. The number of nitrogens with zero attached hydrogens (tertiary/aromatic N) is 1. The third-order valence-corrected chi connectivity index (χ3v) is 3.48. The van der Waals surface area contributed by atoms with E-state index in [1.807, 2.05) is 24.4 Å². The molecule has 2 aromatic rings. The van der Waals surface area contributed by atoms with Crippen LogP contribution in [-0.4, -0.2) is 15.6 Å². The number of aromatic nitrogens is 1. The van der Waals surface area contributed by atoms with Crippen molar-refractivity contribution in [2.24, 2.45) is 0 Å². The number of halogens is 1. The summed E-state index contributed by atoms with van der Waals surface area (Å²) in [6.07, 6.45) is 4.31. The number of hydrogen-bond donors (Lipinski definition) is 1. The first-order valence-corrected chi connectivity index (χ1v) is 6.04. The van der Waals surface area contributed by atoms with Crippen LogP contribution in [0.2, 0.25) is 5.02 Å². The van der Waals surface area contributed by atoms with Crippen LogP contribution >= 0.6 is 11.6 Å². The highest BCUT2D eigenvalue weighted by molar-refractivity contribution is 6.35. The van der Waals surface area contributed by atoms with Gasteiger partial charge in [0.25, 0.3) is 0 Å². The fraction of sp³-hybridized carbons (Fsp3) is 0.308. The third kappa shape index (κ3) is 1.80. The van der Waals surface area contributed by atoms with Gasteiger partial charge in [-0.15, -0.1) is 0 Å². The van der Waals surface area contributed by atoms with E-state index >= 15 is 0 Å². The lowest BCUT2D eigenvalue weighted by Gasteiger charge is -2.01. The molecule has 0 radical (unpaired) electrons. The van der Waals surface area contributed by atoms with Gasteiger partial charge in [0, 0.05) is 17.6 Å². The van der Waals surface area contributed by atoms with E-state index in [1.54, 1.807) is 0 Å². The number of aliphatic carboxylic acids is 1. The highest BCUT2D eigenvalue weighted by Crippen LogP contribution is 2.40. The molecule has 17 heavy (non-hydrogen) atoms. The highest BCUT2D eigenvalue weighted by atomic mass is 35.5. The fourth-order valence-corrected chi connectivity index (χ4v) is 2.59. The van der Waals surface area contributed by atoms with E-state index < -0.39 is 5.97 Å². The van der Waals surface area contributed by atoms with Crippen molar-refractivity contribution in [2.45, 2.75) is 25.3 Å². The average Bonchev–Trinajstić information content (AvgIpc) is 3.03. The van der Waals surface area contributed by atoms with Crippen molar-refractivity contribution >= 4 is 28.5 Å². The van der Waals surface area contributed by atoms with Crippen LogP contribution in [0.25, 0.3) is 10.9 Å². The van der Waals surface area contributed by atoms with Gasteiger partial charge in [-0.1, -0.05) is 17.7 Å². The van der Waals surface area contributed by atoms with Gasteiger partial charge in [-0.2, -0.15) is 0 Å². The molecule has 88 valence electrons. The van der Waals surface area contributed by atoms with Gasteiger partial charge in [-0.3, -0.25) is 4.79 Å². The standard InChI is InChI=1S/C13H12ClNO2/c14-10-2-1-3-11-13(10)8(6-12(16)17)7-15(11)9-4-5-9/h1-3,7,9H,4-6H2,(H,16,17). The summed E-state index contributed by atoms with van der Waals surface area (Å²) in [4.78, 5) is 10.9. The Morgan fingerprint density at radius 1 is 1.47 bits per heavy atom. The second-order valence-electron chi connectivity index (χ2n) is 4.50. The predicted octanol–water partition coefficient (Wildman–Crippen LogP) is 3.26. The molecule has 1 N–H and O–H groups in total. The highest BCUT2D eigenvalue weighted by Gasteiger charge is 2.26. The summed E-state index contributed by atoms with van der Waals surface area (Å²) in [5.74, 6) is -0.820. The molecule has 0 atom stereocenters. The number of carboxylic acid groups (broad SMARTS) is 1. The lowest BCUT2D eigenvalue weighted by atomic mass is 10.1. The number of rotatable bonds is 3. The maximum atomic E-state index is 10.9. The monoisotopic (exact) mass is 249 g/mol. The zero-order valence-electron chi connectivity index (χ0n) is 9.19. The van der Waals surface area contributed by atoms with Gasteiger partial charge < -0.3 is 9.67 Å². The minimum Gasteiger partial charge on any atom is -0.481 e. The van der Waals surface area contributed by atoms with Crippen LogP contribution < -0.4 is 0 Å². The summed E-state index contributed by atoms with van der Waals surface area (Å²) < 4.78 is 2.17. The Balaban J connectivity index is 2.23. The van der Waals surface area contributed by atoms with E-state index in [-0.39, 0.29) is 6.42 Å². The van der Waals surface area contributed by atoms with E-state index in [1.165, 1.54) is 12.8 Å². The van der Waals surface area contributed by atoms with E-state index in [9.17, 15) is 4.79 Å². The first kappa shape index (κ1) is 10.7. The molecular weight excluding hydrogens is 238 g/mol. The van der Waals surface area contributed by atoms with Crippen LogP contribution in [0.5, 0.6) is 0 Å². The number of fused-ring (bicyclic) bond motifs is 1. The molecule has 3 rings (SSSR count). The molecule has 0 saturated heterocycles. The van der Waals surface area contributed by atoms with Crippen molar-refractivity contribution in [3.8, 4) is 0 Å². The Morgan fingerprint density at radius 3 is 2.88 bits per heavy atom. The summed E-state index contributed by atoms with van der Waals surface area (Å²) in [6.45, 7) is 0. The van der Waals surface area contributed by atoms with Gasteiger partial charge >= 0.3 is 5.97 Å².